The van der Waals surface area contributed by atoms with Crippen LogP contribution in [0.2, 0.25) is 25.7 Å². The summed E-state index contributed by atoms with van der Waals surface area (Å²) in [5, 5.41) is 4.67. The molecule has 25 heavy (non-hydrogen) atoms. The molecule has 0 aliphatic carbocycles. The van der Waals surface area contributed by atoms with E-state index in [2.05, 4.69) is 29.7 Å². The molecule has 2 aromatic rings. The number of hydrogen-bond acceptors (Lipinski definition) is 4. The molecule has 2 aromatic heterocycles. The molecular formula is C18H26N4O2Si. The highest BCUT2D eigenvalue weighted by Crippen LogP contribution is 2.27. The fourth-order valence-corrected chi connectivity index (χ4v) is 3.56. The van der Waals surface area contributed by atoms with Crippen LogP contribution in [0, 0.1) is 0 Å². The molecule has 0 aromatic carbocycles. The van der Waals surface area contributed by atoms with Crippen molar-refractivity contribution in [3.8, 4) is 11.3 Å². The second-order valence-corrected chi connectivity index (χ2v) is 13.2. The number of anilines is 1. The average molecular weight is 359 g/mol. The Kier molecular flexibility index (Phi) is 5.34. The maximum absolute atomic E-state index is 12.2. The van der Waals surface area contributed by atoms with Crippen LogP contribution in [0.5, 0.6) is 0 Å². The number of aromatic nitrogens is 3. The lowest BCUT2D eigenvalue weighted by atomic mass is 10.2. The van der Waals surface area contributed by atoms with Crippen LogP contribution in [-0.4, -0.2) is 41.9 Å². The molecule has 3 rings (SSSR count). The Morgan fingerprint density at radius 1 is 1.24 bits per heavy atom. The van der Waals surface area contributed by atoms with Crippen LogP contribution in [-0.2, 0) is 16.3 Å². The zero-order chi connectivity index (χ0) is 17.9. The predicted octanol–water partition coefficient (Wildman–Crippen LogP) is 3.38. The minimum Gasteiger partial charge on any atom is -0.359 e. The molecule has 0 bridgehead atoms. The Balaban J connectivity index is 1.79. The standard InChI is InChI=1S/C18H26N4O2Si/c1-25(2,3)12-11-24-14-22-17(21-10-4-5-18(21)23)13-16(20-22)15-6-8-19-9-7-15/h6-9,13H,4-5,10-12,14H2,1-3H3. The van der Waals surface area contributed by atoms with Gasteiger partial charge in [0.15, 0.2) is 0 Å². The van der Waals surface area contributed by atoms with Crippen molar-refractivity contribution in [2.45, 2.75) is 45.3 Å². The first-order chi connectivity index (χ1) is 11.9. The number of pyridine rings is 1. The number of amides is 1. The van der Waals surface area contributed by atoms with Gasteiger partial charge in [-0.25, -0.2) is 4.68 Å². The zero-order valence-corrected chi connectivity index (χ0v) is 16.2. The second-order valence-electron chi connectivity index (χ2n) is 7.62. The molecule has 1 aliphatic rings. The van der Waals surface area contributed by atoms with Crippen LogP contribution in [0.3, 0.4) is 0 Å². The molecule has 1 fully saturated rings. The van der Waals surface area contributed by atoms with Gasteiger partial charge in [-0.2, -0.15) is 5.10 Å². The Morgan fingerprint density at radius 2 is 2.00 bits per heavy atom. The Labute approximate surface area is 149 Å². The fraction of sp³-hybridized carbons (Fsp3) is 0.500. The van der Waals surface area contributed by atoms with E-state index in [1.165, 1.54) is 0 Å². The first-order valence-electron chi connectivity index (χ1n) is 8.80. The highest BCUT2D eigenvalue weighted by Gasteiger charge is 2.26. The largest absolute Gasteiger partial charge is 0.359 e. The van der Waals surface area contributed by atoms with E-state index in [0.717, 1.165) is 42.7 Å². The third kappa shape index (κ3) is 4.55. The van der Waals surface area contributed by atoms with Crippen molar-refractivity contribution >= 4 is 19.8 Å². The van der Waals surface area contributed by atoms with Gasteiger partial charge >= 0.3 is 0 Å². The van der Waals surface area contributed by atoms with E-state index in [4.69, 9.17) is 4.74 Å². The molecular weight excluding hydrogens is 332 g/mol. The molecule has 1 aliphatic heterocycles. The average Bonchev–Trinajstić information content (AvgIpc) is 3.17. The van der Waals surface area contributed by atoms with Gasteiger partial charge in [-0.05, 0) is 24.6 Å². The van der Waals surface area contributed by atoms with Gasteiger partial charge in [0.05, 0.1) is 5.69 Å². The molecule has 0 atom stereocenters. The number of carbonyl (C=O) groups excluding carboxylic acids is 1. The molecule has 0 unspecified atom stereocenters. The smallest absolute Gasteiger partial charge is 0.228 e. The molecule has 0 N–H and O–H groups in total. The van der Waals surface area contributed by atoms with Crippen molar-refractivity contribution in [1.29, 1.82) is 0 Å². The van der Waals surface area contributed by atoms with E-state index in [1.807, 2.05) is 27.8 Å². The molecule has 7 heteroatoms. The van der Waals surface area contributed by atoms with Gasteiger partial charge in [0.1, 0.15) is 12.5 Å². The Bertz CT molecular complexity index is 724. The lowest BCUT2D eigenvalue weighted by molar-refractivity contribution is -0.117. The van der Waals surface area contributed by atoms with Crippen molar-refractivity contribution in [3.05, 3.63) is 30.6 Å². The van der Waals surface area contributed by atoms with Crippen molar-refractivity contribution < 1.29 is 9.53 Å². The van der Waals surface area contributed by atoms with Gasteiger partial charge in [-0.15, -0.1) is 0 Å². The number of ether oxygens (including phenoxy) is 1. The number of rotatable bonds is 7. The van der Waals surface area contributed by atoms with Gasteiger partial charge in [-0.1, -0.05) is 19.6 Å². The highest BCUT2D eigenvalue weighted by atomic mass is 28.3. The molecule has 0 radical (unpaired) electrons. The fourth-order valence-electron chi connectivity index (χ4n) is 2.80. The van der Waals surface area contributed by atoms with E-state index in [0.29, 0.717) is 13.2 Å². The normalized spacial score (nSPS) is 15.2. The van der Waals surface area contributed by atoms with Crippen molar-refractivity contribution in [2.75, 3.05) is 18.1 Å². The quantitative estimate of drug-likeness (QED) is 0.562. The maximum atomic E-state index is 12.2. The molecule has 1 amide bonds. The summed E-state index contributed by atoms with van der Waals surface area (Å²) in [6, 6.07) is 6.94. The van der Waals surface area contributed by atoms with Gasteiger partial charge in [0, 0.05) is 51.7 Å². The number of hydrogen-bond donors (Lipinski definition) is 0. The lowest BCUT2D eigenvalue weighted by Gasteiger charge is -2.18. The summed E-state index contributed by atoms with van der Waals surface area (Å²) in [4.78, 5) is 18.0. The molecule has 1 saturated heterocycles. The van der Waals surface area contributed by atoms with Gasteiger partial charge in [-0.3, -0.25) is 14.7 Å². The van der Waals surface area contributed by atoms with Gasteiger partial charge in [0.25, 0.3) is 0 Å². The third-order valence-electron chi connectivity index (χ3n) is 4.29. The Morgan fingerprint density at radius 3 is 2.64 bits per heavy atom. The summed E-state index contributed by atoms with van der Waals surface area (Å²) in [6.07, 6.45) is 5.00. The van der Waals surface area contributed by atoms with Crippen LogP contribution in [0.25, 0.3) is 11.3 Å². The molecule has 0 saturated carbocycles. The van der Waals surface area contributed by atoms with E-state index in [9.17, 15) is 4.79 Å². The maximum Gasteiger partial charge on any atom is 0.228 e. The lowest BCUT2D eigenvalue weighted by Crippen LogP contribution is -2.27. The van der Waals surface area contributed by atoms with Crippen LogP contribution < -0.4 is 4.90 Å². The predicted molar refractivity (Wildman–Crippen MR) is 101 cm³/mol. The summed E-state index contributed by atoms with van der Waals surface area (Å²) < 4.78 is 7.67. The first-order valence-corrected chi connectivity index (χ1v) is 12.5. The molecule has 3 heterocycles. The highest BCUT2D eigenvalue weighted by molar-refractivity contribution is 6.76. The summed E-state index contributed by atoms with van der Waals surface area (Å²) in [5.74, 6) is 0.979. The summed E-state index contributed by atoms with van der Waals surface area (Å²) in [7, 11) is -1.12. The van der Waals surface area contributed by atoms with Crippen molar-refractivity contribution in [2.24, 2.45) is 0 Å². The minimum absolute atomic E-state index is 0.157. The number of nitrogens with zero attached hydrogens (tertiary/aromatic N) is 4. The van der Waals surface area contributed by atoms with Gasteiger partial charge < -0.3 is 4.74 Å². The summed E-state index contributed by atoms with van der Waals surface area (Å²) >= 11 is 0. The van der Waals surface area contributed by atoms with Gasteiger partial charge in [0.2, 0.25) is 5.91 Å². The topological polar surface area (TPSA) is 60.2 Å². The SMILES string of the molecule is C[Si](C)(C)CCOCn1nc(-c2ccncc2)cc1N1CCCC1=O. The third-order valence-corrected chi connectivity index (χ3v) is 6.00. The first kappa shape index (κ1) is 17.8. The zero-order valence-electron chi connectivity index (χ0n) is 15.2. The van der Waals surface area contributed by atoms with E-state index < -0.39 is 8.07 Å². The van der Waals surface area contributed by atoms with Crippen molar-refractivity contribution in [3.63, 3.8) is 0 Å². The summed E-state index contributed by atoms with van der Waals surface area (Å²) in [6.45, 7) is 8.85. The van der Waals surface area contributed by atoms with Crippen LogP contribution in [0.4, 0.5) is 5.82 Å². The van der Waals surface area contributed by atoms with E-state index >= 15 is 0 Å². The minimum atomic E-state index is -1.12. The van der Waals surface area contributed by atoms with Crippen LogP contribution in [0.15, 0.2) is 30.6 Å². The monoisotopic (exact) mass is 358 g/mol. The van der Waals surface area contributed by atoms with Crippen molar-refractivity contribution in [1.82, 2.24) is 14.8 Å². The molecule has 0 spiro atoms. The Hall–Kier alpha value is -1.99. The van der Waals surface area contributed by atoms with Crippen LogP contribution >= 0.6 is 0 Å². The number of carbonyl (C=O) groups is 1. The van der Waals surface area contributed by atoms with E-state index in [1.54, 1.807) is 12.4 Å². The second kappa shape index (κ2) is 7.49. The molecule has 134 valence electrons. The molecule has 6 nitrogen and oxygen atoms in total. The summed E-state index contributed by atoms with van der Waals surface area (Å²) in [5.41, 5.74) is 1.83. The van der Waals surface area contributed by atoms with Crippen LogP contribution in [0.1, 0.15) is 12.8 Å². The van der Waals surface area contributed by atoms with E-state index in [-0.39, 0.29) is 5.91 Å².